The molecular formula is C11H25NO2. The molecule has 0 aliphatic rings. The number of hydrogen-bond acceptors (Lipinski definition) is 3. The molecule has 0 amide bonds. The fourth-order valence-electron chi connectivity index (χ4n) is 1.32. The lowest BCUT2D eigenvalue weighted by molar-refractivity contribution is 0.0969. The first-order valence-corrected chi connectivity index (χ1v) is 5.26. The Kier molecular flexibility index (Phi) is 6.33. The first-order chi connectivity index (χ1) is 6.35. The molecule has 0 aromatic heterocycles. The second-order valence-electron chi connectivity index (χ2n) is 5.12. The maximum Gasteiger partial charge on any atom is 0.0669 e. The summed E-state index contributed by atoms with van der Waals surface area (Å²) in [5.41, 5.74) is 0.188. The van der Waals surface area contributed by atoms with Gasteiger partial charge >= 0.3 is 0 Å². The van der Waals surface area contributed by atoms with Gasteiger partial charge in [-0.15, -0.1) is 0 Å². The predicted octanol–water partition coefficient (Wildman–Crippen LogP) is 1.41. The first-order valence-electron chi connectivity index (χ1n) is 5.26. The van der Waals surface area contributed by atoms with Gasteiger partial charge in [0.25, 0.3) is 0 Å². The summed E-state index contributed by atoms with van der Waals surface area (Å²) in [7, 11) is 1.69. The van der Waals surface area contributed by atoms with E-state index in [2.05, 4.69) is 26.1 Å². The lowest BCUT2D eigenvalue weighted by atomic mass is 9.89. The van der Waals surface area contributed by atoms with Crippen molar-refractivity contribution in [3.05, 3.63) is 0 Å². The molecule has 14 heavy (non-hydrogen) atoms. The zero-order valence-electron chi connectivity index (χ0n) is 10.1. The molecule has 0 fully saturated rings. The van der Waals surface area contributed by atoms with Crippen molar-refractivity contribution in [3.8, 4) is 0 Å². The zero-order valence-corrected chi connectivity index (χ0v) is 10.1. The summed E-state index contributed by atoms with van der Waals surface area (Å²) in [6.45, 7) is 9.84. The van der Waals surface area contributed by atoms with Crippen LogP contribution < -0.4 is 5.32 Å². The highest BCUT2D eigenvalue weighted by Gasteiger charge is 2.16. The molecule has 86 valence electrons. The number of methoxy groups -OCH3 is 1. The van der Waals surface area contributed by atoms with Crippen LogP contribution in [0.3, 0.4) is 0 Å². The van der Waals surface area contributed by atoms with Crippen LogP contribution in [0.5, 0.6) is 0 Å². The molecular weight excluding hydrogens is 178 g/mol. The number of aliphatic hydroxyl groups excluding tert-OH is 1. The summed E-state index contributed by atoms with van der Waals surface area (Å²) in [5, 5.41) is 12.9. The molecule has 0 saturated heterocycles. The summed E-state index contributed by atoms with van der Waals surface area (Å²) in [4.78, 5) is 0. The Morgan fingerprint density at radius 3 is 2.29 bits per heavy atom. The largest absolute Gasteiger partial charge is 0.392 e. The quantitative estimate of drug-likeness (QED) is 0.686. The van der Waals surface area contributed by atoms with Crippen LogP contribution >= 0.6 is 0 Å². The van der Waals surface area contributed by atoms with Gasteiger partial charge in [0.15, 0.2) is 0 Å². The monoisotopic (exact) mass is 203 g/mol. The number of nitrogens with one attached hydrogen (secondary N) is 1. The van der Waals surface area contributed by atoms with Crippen LogP contribution in [0, 0.1) is 5.41 Å². The van der Waals surface area contributed by atoms with Crippen LogP contribution in [0.4, 0.5) is 0 Å². The molecule has 0 rings (SSSR count). The Morgan fingerprint density at radius 2 is 1.86 bits per heavy atom. The van der Waals surface area contributed by atoms with E-state index in [1.807, 2.05) is 6.92 Å². The Labute approximate surface area is 87.8 Å². The summed E-state index contributed by atoms with van der Waals surface area (Å²) >= 11 is 0. The molecule has 0 spiro atoms. The van der Waals surface area contributed by atoms with E-state index in [-0.39, 0.29) is 17.6 Å². The van der Waals surface area contributed by atoms with Crippen molar-refractivity contribution in [3.63, 3.8) is 0 Å². The molecule has 0 heterocycles. The van der Waals surface area contributed by atoms with Gasteiger partial charge in [-0.05, 0) is 18.8 Å². The molecule has 2 atom stereocenters. The normalized spacial score (nSPS) is 16.7. The van der Waals surface area contributed by atoms with E-state index in [0.29, 0.717) is 6.54 Å². The van der Waals surface area contributed by atoms with E-state index in [9.17, 15) is 5.11 Å². The van der Waals surface area contributed by atoms with Crippen molar-refractivity contribution >= 4 is 0 Å². The van der Waals surface area contributed by atoms with Crippen LogP contribution in [-0.2, 0) is 4.74 Å². The Hall–Kier alpha value is -0.120. The Morgan fingerprint density at radius 1 is 1.29 bits per heavy atom. The zero-order chi connectivity index (χ0) is 11.2. The smallest absolute Gasteiger partial charge is 0.0669 e. The van der Waals surface area contributed by atoms with Crippen molar-refractivity contribution in [2.45, 2.75) is 46.3 Å². The predicted molar refractivity (Wildman–Crippen MR) is 59.4 cm³/mol. The highest BCUT2D eigenvalue weighted by Crippen LogP contribution is 2.20. The minimum absolute atomic E-state index is 0.188. The van der Waals surface area contributed by atoms with E-state index in [1.54, 1.807) is 7.11 Å². The van der Waals surface area contributed by atoms with Crippen molar-refractivity contribution < 1.29 is 9.84 Å². The van der Waals surface area contributed by atoms with E-state index in [4.69, 9.17) is 4.74 Å². The van der Waals surface area contributed by atoms with E-state index in [0.717, 1.165) is 13.0 Å². The van der Waals surface area contributed by atoms with Crippen molar-refractivity contribution in [1.29, 1.82) is 0 Å². The van der Waals surface area contributed by atoms with Gasteiger partial charge < -0.3 is 15.2 Å². The number of aliphatic hydroxyl groups is 1. The van der Waals surface area contributed by atoms with Gasteiger partial charge in [0.05, 0.1) is 12.2 Å². The highest BCUT2D eigenvalue weighted by molar-refractivity contribution is 4.70. The van der Waals surface area contributed by atoms with Gasteiger partial charge in [-0.3, -0.25) is 0 Å². The average molecular weight is 203 g/mol. The van der Waals surface area contributed by atoms with Crippen LogP contribution in [-0.4, -0.2) is 37.5 Å². The van der Waals surface area contributed by atoms with Crippen LogP contribution in [0.1, 0.15) is 34.1 Å². The van der Waals surface area contributed by atoms with Gasteiger partial charge in [-0.2, -0.15) is 0 Å². The molecule has 3 heteroatoms. The second-order valence-corrected chi connectivity index (χ2v) is 5.12. The molecule has 2 unspecified atom stereocenters. The Balaban J connectivity index is 3.50. The fraction of sp³-hybridized carbons (Fsp3) is 1.00. The topological polar surface area (TPSA) is 41.5 Å². The second kappa shape index (κ2) is 6.38. The minimum Gasteiger partial charge on any atom is -0.392 e. The van der Waals surface area contributed by atoms with E-state index in [1.165, 1.54) is 0 Å². The number of ether oxygens (including phenoxy) is 1. The third-order valence-corrected chi connectivity index (χ3v) is 2.06. The summed E-state index contributed by atoms with van der Waals surface area (Å²) in [5.74, 6) is 0. The first kappa shape index (κ1) is 13.9. The number of rotatable bonds is 6. The van der Waals surface area contributed by atoms with E-state index < -0.39 is 0 Å². The SMILES string of the molecule is COC(C)CNCC(O)CC(C)(C)C. The molecule has 3 nitrogen and oxygen atoms in total. The summed E-state index contributed by atoms with van der Waals surface area (Å²) in [6, 6.07) is 0. The molecule has 0 radical (unpaired) electrons. The minimum atomic E-state index is -0.265. The van der Waals surface area contributed by atoms with Crippen LogP contribution in [0.2, 0.25) is 0 Å². The van der Waals surface area contributed by atoms with Crippen LogP contribution in [0.15, 0.2) is 0 Å². The standard InChI is InChI=1S/C11H25NO2/c1-9(14-5)7-12-8-10(13)6-11(2,3)4/h9-10,12-13H,6-8H2,1-5H3. The van der Waals surface area contributed by atoms with Crippen molar-refractivity contribution in [1.82, 2.24) is 5.32 Å². The third kappa shape index (κ3) is 8.48. The van der Waals surface area contributed by atoms with Gasteiger partial charge in [0.2, 0.25) is 0 Å². The van der Waals surface area contributed by atoms with Gasteiger partial charge in [-0.1, -0.05) is 20.8 Å². The Bertz CT molecular complexity index is 143. The van der Waals surface area contributed by atoms with Crippen molar-refractivity contribution in [2.24, 2.45) is 5.41 Å². The summed E-state index contributed by atoms with van der Waals surface area (Å²) in [6.07, 6.45) is 0.761. The molecule has 0 bridgehead atoms. The third-order valence-electron chi connectivity index (χ3n) is 2.06. The molecule has 0 aliphatic heterocycles. The summed E-state index contributed by atoms with van der Waals surface area (Å²) < 4.78 is 5.09. The van der Waals surface area contributed by atoms with Gasteiger partial charge in [-0.25, -0.2) is 0 Å². The van der Waals surface area contributed by atoms with Crippen molar-refractivity contribution in [2.75, 3.05) is 20.2 Å². The van der Waals surface area contributed by atoms with Gasteiger partial charge in [0.1, 0.15) is 0 Å². The molecule has 2 N–H and O–H groups in total. The lowest BCUT2D eigenvalue weighted by Gasteiger charge is -2.23. The molecule has 0 aromatic rings. The lowest BCUT2D eigenvalue weighted by Crippen LogP contribution is -2.34. The fourth-order valence-corrected chi connectivity index (χ4v) is 1.32. The molecule has 0 saturated carbocycles. The average Bonchev–Trinajstić information content (AvgIpc) is 2.00. The maximum absolute atomic E-state index is 9.67. The number of hydrogen-bond donors (Lipinski definition) is 2. The van der Waals surface area contributed by atoms with Gasteiger partial charge in [0, 0.05) is 20.2 Å². The molecule has 0 aromatic carbocycles. The van der Waals surface area contributed by atoms with E-state index >= 15 is 0 Å². The highest BCUT2D eigenvalue weighted by atomic mass is 16.5. The molecule has 0 aliphatic carbocycles. The maximum atomic E-state index is 9.67. The van der Waals surface area contributed by atoms with Crippen LogP contribution in [0.25, 0.3) is 0 Å².